The van der Waals surface area contributed by atoms with Crippen LogP contribution in [0.3, 0.4) is 0 Å². The van der Waals surface area contributed by atoms with Crippen LogP contribution in [0.4, 0.5) is 20.3 Å². The zero-order valence-corrected chi connectivity index (χ0v) is 17.9. The molecule has 3 heterocycles. The summed E-state index contributed by atoms with van der Waals surface area (Å²) in [7, 11) is 0. The van der Waals surface area contributed by atoms with E-state index in [1.807, 2.05) is 23.1 Å². The first-order valence-corrected chi connectivity index (χ1v) is 11.1. The molecule has 1 N–H and O–H groups in total. The van der Waals surface area contributed by atoms with Crippen LogP contribution in [0.5, 0.6) is 0 Å². The molecule has 0 saturated carbocycles. The maximum absolute atomic E-state index is 14.8. The van der Waals surface area contributed by atoms with E-state index >= 15 is 0 Å². The highest BCUT2D eigenvalue weighted by Gasteiger charge is 2.37. The molecule has 2 aliphatic rings. The van der Waals surface area contributed by atoms with Gasteiger partial charge < -0.3 is 15.1 Å². The molecule has 0 unspecified atom stereocenters. The number of anilines is 2. The van der Waals surface area contributed by atoms with Crippen molar-refractivity contribution in [3.63, 3.8) is 0 Å². The fourth-order valence-electron chi connectivity index (χ4n) is 4.72. The highest BCUT2D eigenvalue weighted by atomic mass is 19.3. The van der Waals surface area contributed by atoms with Crippen molar-refractivity contribution in [2.75, 3.05) is 42.5 Å². The smallest absolute Gasteiger partial charge is 0.275 e. The Morgan fingerprint density at radius 2 is 1.84 bits per heavy atom. The van der Waals surface area contributed by atoms with Crippen LogP contribution in [0.15, 0.2) is 48.5 Å². The molecule has 2 aromatic carbocycles. The second kappa shape index (κ2) is 8.08. The molecule has 3 aromatic rings. The quantitative estimate of drug-likeness (QED) is 0.640. The molecule has 6 heteroatoms. The van der Waals surface area contributed by atoms with Crippen LogP contribution in [0, 0.1) is 6.92 Å². The number of aromatic nitrogens is 1. The van der Waals surface area contributed by atoms with Gasteiger partial charge in [-0.25, -0.2) is 13.8 Å². The second-order valence-corrected chi connectivity index (χ2v) is 8.64. The van der Waals surface area contributed by atoms with Crippen molar-refractivity contribution in [2.45, 2.75) is 32.2 Å². The van der Waals surface area contributed by atoms with Gasteiger partial charge in [0.25, 0.3) is 5.92 Å². The van der Waals surface area contributed by atoms with Gasteiger partial charge in [-0.3, -0.25) is 0 Å². The summed E-state index contributed by atoms with van der Waals surface area (Å²) in [5.41, 5.74) is 4.08. The molecule has 0 amide bonds. The normalized spacial score (nSPS) is 19.1. The van der Waals surface area contributed by atoms with Crippen LogP contribution in [-0.2, 0) is 12.5 Å². The molecule has 1 aromatic heterocycles. The summed E-state index contributed by atoms with van der Waals surface area (Å²) in [6.45, 7) is 6.66. The monoisotopic (exact) mass is 422 g/mol. The van der Waals surface area contributed by atoms with Gasteiger partial charge >= 0.3 is 0 Å². The predicted octanol–water partition coefficient (Wildman–Crippen LogP) is 4.85. The van der Waals surface area contributed by atoms with Gasteiger partial charge in [0, 0.05) is 61.8 Å². The maximum Gasteiger partial charge on any atom is 0.275 e. The number of aryl methyl sites for hydroxylation is 1. The van der Waals surface area contributed by atoms with Crippen molar-refractivity contribution < 1.29 is 8.78 Å². The van der Waals surface area contributed by atoms with Crippen molar-refractivity contribution in [2.24, 2.45) is 0 Å². The van der Waals surface area contributed by atoms with Gasteiger partial charge in [-0.2, -0.15) is 0 Å². The topological polar surface area (TPSA) is 31.4 Å². The van der Waals surface area contributed by atoms with E-state index in [0.717, 1.165) is 55.0 Å². The third-order valence-electron chi connectivity index (χ3n) is 6.40. The Kier molecular flexibility index (Phi) is 5.26. The van der Waals surface area contributed by atoms with Crippen molar-refractivity contribution >= 4 is 22.4 Å². The van der Waals surface area contributed by atoms with Crippen LogP contribution in [0.2, 0.25) is 0 Å². The number of pyridine rings is 1. The Morgan fingerprint density at radius 1 is 0.968 bits per heavy atom. The molecular formula is C25H28F2N4. The van der Waals surface area contributed by atoms with Crippen molar-refractivity contribution in [3.8, 4) is 0 Å². The Labute approximate surface area is 181 Å². The number of nitrogens with one attached hydrogen (secondary N) is 1. The summed E-state index contributed by atoms with van der Waals surface area (Å²) in [5.74, 6) is -2.05. The molecule has 0 bridgehead atoms. The van der Waals surface area contributed by atoms with Crippen LogP contribution in [0.1, 0.15) is 29.5 Å². The summed E-state index contributed by atoms with van der Waals surface area (Å²) in [4.78, 5) is 9.34. The lowest BCUT2D eigenvalue weighted by molar-refractivity contribution is -0.00967. The van der Waals surface area contributed by atoms with Gasteiger partial charge in [0.05, 0.1) is 5.52 Å². The molecule has 0 aliphatic carbocycles. The molecule has 2 aliphatic heterocycles. The number of nitrogens with zero attached hydrogens (tertiary/aromatic N) is 3. The summed E-state index contributed by atoms with van der Waals surface area (Å²) >= 11 is 0. The zero-order valence-electron chi connectivity index (χ0n) is 17.9. The standard InChI is InChI=1S/C25H28F2N4/c1-18-7-8-22-20(15-18)23(30-12-4-10-28-11-14-30)16-24(29-22)31-13-9-25(26,27)21-6-3-2-5-19(21)17-31/h2-3,5-8,15-16,28H,4,9-14,17H2,1H3. The average Bonchev–Trinajstić information content (AvgIpc) is 3.11. The largest absolute Gasteiger partial charge is 0.370 e. The van der Waals surface area contributed by atoms with Gasteiger partial charge in [0.2, 0.25) is 0 Å². The summed E-state index contributed by atoms with van der Waals surface area (Å²) in [5, 5.41) is 4.59. The highest BCUT2D eigenvalue weighted by Crippen LogP contribution is 2.39. The van der Waals surface area contributed by atoms with E-state index in [9.17, 15) is 8.78 Å². The van der Waals surface area contributed by atoms with E-state index in [1.54, 1.807) is 12.1 Å². The van der Waals surface area contributed by atoms with Crippen LogP contribution in [-0.4, -0.2) is 37.7 Å². The SMILES string of the molecule is Cc1ccc2nc(N3CCC(F)(F)c4ccccc4C3)cc(N3CCCNCC3)c2c1. The molecule has 31 heavy (non-hydrogen) atoms. The maximum atomic E-state index is 14.8. The van der Waals surface area contributed by atoms with Crippen molar-refractivity contribution in [3.05, 3.63) is 65.2 Å². The number of benzene rings is 2. The Morgan fingerprint density at radius 3 is 2.74 bits per heavy atom. The first-order valence-electron chi connectivity index (χ1n) is 11.1. The minimum atomic E-state index is -2.82. The summed E-state index contributed by atoms with van der Waals surface area (Å²) in [6.07, 6.45) is 0.870. The summed E-state index contributed by atoms with van der Waals surface area (Å²) < 4.78 is 29.6. The van der Waals surface area contributed by atoms with E-state index in [1.165, 1.54) is 5.56 Å². The summed E-state index contributed by atoms with van der Waals surface area (Å²) in [6, 6.07) is 15.3. The minimum Gasteiger partial charge on any atom is -0.370 e. The van der Waals surface area contributed by atoms with Gasteiger partial charge in [0.1, 0.15) is 5.82 Å². The number of hydrogen-bond donors (Lipinski definition) is 1. The number of hydrogen-bond acceptors (Lipinski definition) is 4. The molecule has 0 radical (unpaired) electrons. The van der Waals surface area contributed by atoms with E-state index < -0.39 is 5.92 Å². The number of halogens is 2. The van der Waals surface area contributed by atoms with Crippen molar-refractivity contribution in [1.82, 2.24) is 10.3 Å². The van der Waals surface area contributed by atoms with E-state index in [0.29, 0.717) is 12.1 Å². The Balaban J connectivity index is 1.59. The first kappa shape index (κ1) is 20.2. The van der Waals surface area contributed by atoms with Gasteiger partial charge in [-0.1, -0.05) is 35.9 Å². The number of alkyl halides is 2. The van der Waals surface area contributed by atoms with Gasteiger partial charge in [0.15, 0.2) is 0 Å². The lowest BCUT2D eigenvalue weighted by atomic mass is 10.0. The van der Waals surface area contributed by atoms with E-state index in [-0.39, 0.29) is 18.5 Å². The molecule has 1 saturated heterocycles. The molecule has 0 atom stereocenters. The highest BCUT2D eigenvalue weighted by molar-refractivity contribution is 5.94. The number of rotatable bonds is 2. The minimum absolute atomic E-state index is 0.146. The molecule has 162 valence electrons. The lowest BCUT2D eigenvalue weighted by Crippen LogP contribution is -2.29. The average molecular weight is 423 g/mol. The van der Waals surface area contributed by atoms with Gasteiger partial charge in [-0.15, -0.1) is 0 Å². The molecule has 1 fully saturated rings. The Hall–Kier alpha value is -2.73. The second-order valence-electron chi connectivity index (χ2n) is 8.64. The third kappa shape index (κ3) is 3.97. The zero-order chi connectivity index (χ0) is 21.4. The van der Waals surface area contributed by atoms with Crippen LogP contribution >= 0.6 is 0 Å². The van der Waals surface area contributed by atoms with Gasteiger partial charge in [-0.05, 0) is 37.6 Å². The van der Waals surface area contributed by atoms with E-state index in [4.69, 9.17) is 4.98 Å². The fourth-order valence-corrected chi connectivity index (χ4v) is 4.72. The van der Waals surface area contributed by atoms with Crippen LogP contribution < -0.4 is 15.1 Å². The number of fused-ring (bicyclic) bond motifs is 2. The lowest BCUT2D eigenvalue weighted by Gasteiger charge is -2.28. The molecular weight excluding hydrogens is 394 g/mol. The first-order chi connectivity index (χ1) is 15.0. The Bertz CT molecular complexity index is 1090. The molecule has 4 nitrogen and oxygen atoms in total. The third-order valence-corrected chi connectivity index (χ3v) is 6.40. The molecule has 0 spiro atoms. The fraction of sp³-hybridized carbons (Fsp3) is 0.400. The van der Waals surface area contributed by atoms with Crippen molar-refractivity contribution in [1.29, 1.82) is 0 Å². The predicted molar refractivity (Wildman–Crippen MR) is 122 cm³/mol. The molecule has 5 rings (SSSR count). The van der Waals surface area contributed by atoms with Crippen LogP contribution in [0.25, 0.3) is 10.9 Å². The van der Waals surface area contributed by atoms with E-state index in [2.05, 4.69) is 35.3 Å².